The molecule has 0 unspecified atom stereocenters. The quantitative estimate of drug-likeness (QED) is 0.815. The molecule has 2 amide bonds. The molecule has 24 heavy (non-hydrogen) atoms. The molecule has 0 saturated heterocycles. The van der Waals surface area contributed by atoms with Crippen LogP contribution in [0, 0.1) is 12.7 Å². The number of rotatable bonds is 5. The molecule has 1 aromatic heterocycles. The minimum absolute atomic E-state index is 0.0473. The lowest BCUT2D eigenvalue weighted by Gasteiger charge is -2.05. The average Bonchev–Trinajstić information content (AvgIpc) is 2.84. The Kier molecular flexibility index (Phi) is 4.98. The van der Waals surface area contributed by atoms with Crippen LogP contribution in [-0.4, -0.2) is 24.4 Å². The number of aryl methyl sites for hydroxylation is 1. The molecule has 0 spiro atoms. The number of carbonyl (C=O) groups is 3. The number of nitrogens with two attached hydrogens (primary N) is 1. The van der Waals surface area contributed by atoms with E-state index >= 15 is 0 Å². The largest absolute Gasteiger partial charge is 0.462 e. The molecule has 1 aromatic carbocycles. The number of esters is 1. The number of hydrogen-bond acceptors (Lipinski definition) is 5. The Hall–Kier alpha value is -3.16. The third-order valence-electron chi connectivity index (χ3n) is 3.16. The van der Waals surface area contributed by atoms with Crippen molar-refractivity contribution in [2.24, 2.45) is 5.73 Å². The van der Waals surface area contributed by atoms with Crippen molar-refractivity contribution in [2.75, 3.05) is 11.9 Å². The average molecular weight is 334 g/mol. The zero-order chi connectivity index (χ0) is 17.9. The van der Waals surface area contributed by atoms with Crippen molar-refractivity contribution < 1.29 is 27.9 Å². The zero-order valence-electron chi connectivity index (χ0n) is 13.0. The number of carbonyl (C=O) groups excluding carboxylic acids is 3. The standard InChI is InChI=1S/C16H15FN2O5/c1-3-23-16(22)11-8(2)24-15(12(11)13(18)20)19-14(21)9-6-4-5-7-10(9)17/h4-7H,3H2,1-2H3,(H2,18,20)(H,19,21). The van der Waals surface area contributed by atoms with Gasteiger partial charge >= 0.3 is 5.97 Å². The van der Waals surface area contributed by atoms with Crippen molar-refractivity contribution in [3.05, 3.63) is 52.5 Å². The van der Waals surface area contributed by atoms with Gasteiger partial charge in [0.1, 0.15) is 22.7 Å². The summed E-state index contributed by atoms with van der Waals surface area (Å²) in [7, 11) is 0. The molecule has 0 bridgehead atoms. The van der Waals surface area contributed by atoms with Crippen molar-refractivity contribution in [1.29, 1.82) is 0 Å². The minimum atomic E-state index is -0.987. The Bertz CT molecular complexity index is 813. The van der Waals surface area contributed by atoms with Gasteiger partial charge in [-0.25, -0.2) is 9.18 Å². The number of nitrogens with one attached hydrogen (secondary N) is 1. The van der Waals surface area contributed by atoms with Gasteiger partial charge in [0.2, 0.25) is 5.88 Å². The summed E-state index contributed by atoms with van der Waals surface area (Å²) in [4.78, 5) is 35.8. The number of primary amides is 1. The maximum absolute atomic E-state index is 13.7. The summed E-state index contributed by atoms with van der Waals surface area (Å²) in [6.45, 7) is 3.09. The second-order valence-electron chi connectivity index (χ2n) is 4.76. The fourth-order valence-electron chi connectivity index (χ4n) is 2.13. The van der Waals surface area contributed by atoms with Crippen LogP contribution in [-0.2, 0) is 4.74 Å². The first-order valence-electron chi connectivity index (χ1n) is 7.03. The van der Waals surface area contributed by atoms with Crippen LogP contribution in [0.25, 0.3) is 0 Å². The highest BCUT2D eigenvalue weighted by atomic mass is 19.1. The Morgan fingerprint density at radius 1 is 1.25 bits per heavy atom. The van der Waals surface area contributed by atoms with E-state index in [0.29, 0.717) is 0 Å². The normalized spacial score (nSPS) is 10.3. The molecular formula is C16H15FN2O5. The number of benzene rings is 1. The fraction of sp³-hybridized carbons (Fsp3) is 0.188. The Balaban J connectivity index is 2.43. The SMILES string of the molecule is CCOC(=O)c1c(C)oc(NC(=O)c2ccccc2F)c1C(N)=O. The van der Waals surface area contributed by atoms with Gasteiger partial charge in [-0.2, -0.15) is 0 Å². The third-order valence-corrected chi connectivity index (χ3v) is 3.16. The molecule has 8 heteroatoms. The molecule has 0 fully saturated rings. The Morgan fingerprint density at radius 3 is 2.50 bits per heavy atom. The van der Waals surface area contributed by atoms with Crippen molar-refractivity contribution in [3.63, 3.8) is 0 Å². The van der Waals surface area contributed by atoms with Crippen LogP contribution < -0.4 is 11.1 Å². The minimum Gasteiger partial charge on any atom is -0.462 e. The highest BCUT2D eigenvalue weighted by Crippen LogP contribution is 2.28. The van der Waals surface area contributed by atoms with Crippen molar-refractivity contribution in [3.8, 4) is 0 Å². The molecule has 0 saturated carbocycles. The van der Waals surface area contributed by atoms with E-state index in [0.717, 1.165) is 6.07 Å². The summed E-state index contributed by atoms with van der Waals surface area (Å²) in [5.41, 5.74) is 4.53. The van der Waals surface area contributed by atoms with Crippen molar-refractivity contribution in [2.45, 2.75) is 13.8 Å². The smallest absolute Gasteiger partial charge is 0.342 e. The van der Waals surface area contributed by atoms with Crippen LogP contribution in [0.15, 0.2) is 28.7 Å². The third kappa shape index (κ3) is 3.27. The Labute approximate surface area is 136 Å². The Morgan fingerprint density at radius 2 is 1.92 bits per heavy atom. The first-order chi connectivity index (χ1) is 11.4. The second kappa shape index (κ2) is 6.95. The molecule has 1 heterocycles. The predicted molar refractivity (Wildman–Crippen MR) is 82.3 cm³/mol. The van der Waals surface area contributed by atoms with Gasteiger partial charge in [-0.3, -0.25) is 14.9 Å². The van der Waals surface area contributed by atoms with Crippen LogP contribution in [0.3, 0.4) is 0 Å². The van der Waals surface area contributed by atoms with E-state index in [1.165, 1.54) is 25.1 Å². The van der Waals surface area contributed by atoms with E-state index in [1.807, 2.05) is 0 Å². The molecule has 3 N–H and O–H groups in total. The molecule has 0 atom stereocenters. The van der Waals surface area contributed by atoms with Crippen LogP contribution in [0.1, 0.15) is 43.8 Å². The van der Waals surface area contributed by atoms with E-state index in [-0.39, 0.29) is 34.9 Å². The highest BCUT2D eigenvalue weighted by Gasteiger charge is 2.29. The van der Waals surface area contributed by atoms with Crippen LogP contribution >= 0.6 is 0 Å². The highest BCUT2D eigenvalue weighted by molar-refractivity contribution is 6.12. The molecular weight excluding hydrogens is 319 g/mol. The van der Waals surface area contributed by atoms with Crippen molar-refractivity contribution >= 4 is 23.7 Å². The second-order valence-corrected chi connectivity index (χ2v) is 4.76. The molecule has 0 radical (unpaired) electrons. The van der Waals surface area contributed by atoms with E-state index in [2.05, 4.69) is 5.32 Å². The van der Waals surface area contributed by atoms with Gasteiger partial charge in [0, 0.05) is 0 Å². The first-order valence-corrected chi connectivity index (χ1v) is 7.03. The summed E-state index contributed by atoms with van der Waals surface area (Å²) in [6.07, 6.45) is 0. The van der Waals surface area contributed by atoms with E-state index in [1.54, 1.807) is 6.92 Å². The van der Waals surface area contributed by atoms with Gasteiger partial charge in [0.15, 0.2) is 0 Å². The van der Waals surface area contributed by atoms with E-state index < -0.39 is 23.6 Å². The number of ether oxygens (including phenoxy) is 1. The fourth-order valence-corrected chi connectivity index (χ4v) is 2.13. The van der Waals surface area contributed by atoms with Crippen LogP contribution in [0.2, 0.25) is 0 Å². The number of halogens is 1. The number of hydrogen-bond donors (Lipinski definition) is 2. The maximum atomic E-state index is 13.7. The van der Waals surface area contributed by atoms with Gasteiger partial charge < -0.3 is 14.9 Å². The number of amides is 2. The van der Waals surface area contributed by atoms with Gasteiger partial charge in [-0.1, -0.05) is 12.1 Å². The van der Waals surface area contributed by atoms with E-state index in [4.69, 9.17) is 14.9 Å². The number of furan rings is 1. The lowest BCUT2D eigenvalue weighted by atomic mass is 10.1. The van der Waals surface area contributed by atoms with Gasteiger partial charge in [0.05, 0.1) is 12.2 Å². The van der Waals surface area contributed by atoms with Gasteiger partial charge in [0.25, 0.3) is 11.8 Å². The van der Waals surface area contributed by atoms with Gasteiger partial charge in [-0.15, -0.1) is 0 Å². The summed E-state index contributed by atoms with van der Waals surface area (Å²) in [5.74, 6) is -3.68. The van der Waals surface area contributed by atoms with Gasteiger partial charge in [-0.05, 0) is 26.0 Å². The number of anilines is 1. The van der Waals surface area contributed by atoms with Crippen molar-refractivity contribution in [1.82, 2.24) is 0 Å². The molecule has 0 aliphatic carbocycles. The summed E-state index contributed by atoms with van der Waals surface area (Å²) < 4.78 is 23.8. The summed E-state index contributed by atoms with van der Waals surface area (Å²) in [6, 6.07) is 5.28. The monoisotopic (exact) mass is 334 g/mol. The molecule has 7 nitrogen and oxygen atoms in total. The zero-order valence-corrected chi connectivity index (χ0v) is 13.0. The van der Waals surface area contributed by atoms with E-state index in [9.17, 15) is 18.8 Å². The molecule has 2 rings (SSSR count). The first kappa shape index (κ1) is 17.2. The lowest BCUT2D eigenvalue weighted by molar-refractivity contribution is 0.0521. The topological polar surface area (TPSA) is 112 Å². The molecule has 0 aliphatic rings. The van der Waals surface area contributed by atoms with Crippen LogP contribution in [0.4, 0.5) is 10.3 Å². The summed E-state index contributed by atoms with van der Waals surface area (Å²) >= 11 is 0. The lowest BCUT2D eigenvalue weighted by Crippen LogP contribution is -2.20. The maximum Gasteiger partial charge on any atom is 0.342 e. The van der Waals surface area contributed by atoms with Crippen LogP contribution in [0.5, 0.6) is 0 Å². The predicted octanol–water partition coefficient (Wildman–Crippen LogP) is 2.26. The molecule has 2 aromatic rings. The molecule has 126 valence electrons. The summed E-state index contributed by atoms with van der Waals surface area (Å²) in [5, 5.41) is 2.25. The molecule has 0 aliphatic heterocycles.